The van der Waals surface area contributed by atoms with Crippen LogP contribution in [-0.4, -0.2) is 70.5 Å². The molecule has 11 nitrogen and oxygen atoms in total. The van der Waals surface area contributed by atoms with Crippen LogP contribution < -0.4 is 20.7 Å². The molecule has 0 aliphatic carbocycles. The fourth-order valence-corrected chi connectivity index (χ4v) is 5.74. The van der Waals surface area contributed by atoms with E-state index in [4.69, 9.17) is 9.47 Å². The maximum atomic E-state index is 14.1. The summed E-state index contributed by atoms with van der Waals surface area (Å²) in [6.07, 6.45) is -1.36. The van der Waals surface area contributed by atoms with Gasteiger partial charge in [-0.05, 0) is 80.7 Å². The number of rotatable bonds is 19. The Labute approximate surface area is 313 Å². The first-order valence-electron chi connectivity index (χ1n) is 18.3. The number of aliphatic hydroxyl groups excluding tert-OH is 1. The Balaban J connectivity index is 1.80. The van der Waals surface area contributed by atoms with Crippen LogP contribution in [0.15, 0.2) is 84.9 Å². The van der Waals surface area contributed by atoms with Gasteiger partial charge in [0.05, 0.1) is 18.8 Å². The highest BCUT2D eigenvalue weighted by Crippen LogP contribution is 2.21. The Morgan fingerprint density at radius 3 is 1.75 bits per heavy atom. The van der Waals surface area contributed by atoms with E-state index >= 15 is 0 Å². The molecule has 0 heterocycles. The second-order valence-corrected chi connectivity index (χ2v) is 15.3. The van der Waals surface area contributed by atoms with Crippen molar-refractivity contribution in [2.75, 3.05) is 6.61 Å². The normalized spacial score (nSPS) is 14.4. The summed E-state index contributed by atoms with van der Waals surface area (Å²) in [7, 11) is 0. The molecule has 0 radical (unpaired) electrons. The first kappa shape index (κ1) is 42.5. The predicted molar refractivity (Wildman–Crippen MR) is 204 cm³/mol. The monoisotopic (exact) mass is 731 g/mol. The Morgan fingerprint density at radius 2 is 1.25 bits per heavy atom. The zero-order chi connectivity index (χ0) is 39.1. The van der Waals surface area contributed by atoms with Gasteiger partial charge in [-0.3, -0.25) is 9.59 Å². The van der Waals surface area contributed by atoms with Crippen molar-refractivity contribution in [3.8, 4) is 5.75 Å². The maximum absolute atomic E-state index is 14.1. The van der Waals surface area contributed by atoms with E-state index < -0.39 is 65.5 Å². The summed E-state index contributed by atoms with van der Waals surface area (Å²) in [5, 5.41) is 30.0. The van der Waals surface area contributed by atoms with Crippen LogP contribution in [0.25, 0.3) is 0 Å². The molecule has 288 valence electrons. The number of hydrogen-bond donors (Lipinski definition) is 5. The molecular formula is C42H57N3O8. The van der Waals surface area contributed by atoms with Crippen LogP contribution in [0, 0.1) is 17.8 Å². The standard InChI is InChI=1S/C42H57N3O8/c1-27(2)26-52-33-20-18-31(19-21-33)24-35(40(49)50)43-39(48)37(28(3)4)45-38(47)32(22-29-14-10-8-11-15-29)25-36(46)34(23-30-16-12-9-13-17-30)44-41(51)53-42(5,6)7/h8-21,27-28,32,34-37,46H,22-26H2,1-7H3,(H,43,48)(H,44,51)(H,45,47)(H,49,50)/t32?,34?,35-,36?,37?/m0/s1. The number of carbonyl (C=O) groups is 4. The largest absolute Gasteiger partial charge is 0.493 e. The number of benzene rings is 3. The van der Waals surface area contributed by atoms with Crippen LogP contribution in [0.4, 0.5) is 4.79 Å². The Bertz CT molecular complexity index is 1590. The minimum Gasteiger partial charge on any atom is -0.493 e. The minimum absolute atomic E-state index is 0.0283. The maximum Gasteiger partial charge on any atom is 0.407 e. The van der Waals surface area contributed by atoms with Crippen LogP contribution in [0.1, 0.15) is 71.6 Å². The molecule has 11 heteroatoms. The number of aliphatic carboxylic acids is 1. The molecule has 0 saturated heterocycles. The highest BCUT2D eigenvalue weighted by atomic mass is 16.6. The van der Waals surface area contributed by atoms with Crippen molar-refractivity contribution < 1.29 is 38.9 Å². The smallest absolute Gasteiger partial charge is 0.407 e. The predicted octanol–water partition coefficient (Wildman–Crippen LogP) is 5.72. The van der Waals surface area contributed by atoms with Crippen molar-refractivity contribution >= 4 is 23.9 Å². The average Bonchev–Trinajstić information content (AvgIpc) is 3.09. The fourth-order valence-electron chi connectivity index (χ4n) is 5.74. The van der Waals surface area contributed by atoms with Gasteiger partial charge in [-0.2, -0.15) is 0 Å². The van der Waals surface area contributed by atoms with E-state index in [1.54, 1.807) is 58.9 Å². The van der Waals surface area contributed by atoms with E-state index in [0.29, 0.717) is 23.8 Å². The van der Waals surface area contributed by atoms with Gasteiger partial charge in [-0.25, -0.2) is 9.59 Å². The molecule has 53 heavy (non-hydrogen) atoms. The van der Waals surface area contributed by atoms with Gasteiger partial charge in [0.2, 0.25) is 11.8 Å². The lowest BCUT2D eigenvalue weighted by Crippen LogP contribution is -2.55. The number of carboxylic acids is 1. The lowest BCUT2D eigenvalue weighted by atomic mass is 9.88. The molecule has 5 atom stereocenters. The van der Waals surface area contributed by atoms with E-state index in [-0.39, 0.29) is 25.7 Å². The molecule has 0 spiro atoms. The van der Waals surface area contributed by atoms with Crippen molar-refractivity contribution in [3.63, 3.8) is 0 Å². The molecule has 0 saturated carbocycles. The Morgan fingerprint density at radius 1 is 0.698 bits per heavy atom. The minimum atomic E-state index is -1.25. The molecule has 0 aliphatic heterocycles. The lowest BCUT2D eigenvalue weighted by Gasteiger charge is -2.30. The third-order valence-corrected chi connectivity index (χ3v) is 8.49. The molecule has 3 aromatic rings. The molecule has 3 amide bonds. The van der Waals surface area contributed by atoms with Gasteiger partial charge in [0, 0.05) is 12.3 Å². The zero-order valence-electron chi connectivity index (χ0n) is 32.0. The average molecular weight is 732 g/mol. The van der Waals surface area contributed by atoms with Crippen LogP contribution in [0.3, 0.4) is 0 Å². The summed E-state index contributed by atoms with van der Waals surface area (Å²) in [5.74, 6) is -2.51. The van der Waals surface area contributed by atoms with Gasteiger partial charge in [0.1, 0.15) is 23.4 Å². The number of ether oxygens (including phenoxy) is 2. The second-order valence-electron chi connectivity index (χ2n) is 15.3. The molecule has 3 aromatic carbocycles. The van der Waals surface area contributed by atoms with Gasteiger partial charge in [-0.1, -0.05) is 100 Å². The highest BCUT2D eigenvalue weighted by Gasteiger charge is 2.34. The quantitative estimate of drug-likeness (QED) is 0.105. The molecule has 0 aliphatic rings. The molecule has 0 bridgehead atoms. The summed E-state index contributed by atoms with van der Waals surface area (Å²) >= 11 is 0. The molecular weight excluding hydrogens is 674 g/mol. The summed E-state index contributed by atoms with van der Waals surface area (Å²) in [6, 6.07) is 22.7. The summed E-state index contributed by atoms with van der Waals surface area (Å²) < 4.78 is 11.2. The van der Waals surface area contributed by atoms with Crippen LogP contribution >= 0.6 is 0 Å². The van der Waals surface area contributed by atoms with Crippen LogP contribution in [-0.2, 0) is 38.4 Å². The first-order chi connectivity index (χ1) is 25.0. The van der Waals surface area contributed by atoms with Gasteiger partial charge in [0.15, 0.2) is 0 Å². The van der Waals surface area contributed by atoms with Crippen LogP contribution in [0.2, 0.25) is 0 Å². The van der Waals surface area contributed by atoms with Gasteiger partial charge in [-0.15, -0.1) is 0 Å². The Kier molecular flexibility index (Phi) is 16.3. The van der Waals surface area contributed by atoms with Crippen LogP contribution in [0.5, 0.6) is 5.75 Å². The van der Waals surface area contributed by atoms with E-state index in [9.17, 15) is 29.4 Å². The summed E-state index contributed by atoms with van der Waals surface area (Å²) in [6.45, 7) is 13.4. The highest BCUT2D eigenvalue weighted by molar-refractivity contribution is 5.91. The number of carboxylic acid groups (broad SMARTS) is 1. The molecule has 5 N–H and O–H groups in total. The van der Waals surface area contributed by atoms with Gasteiger partial charge < -0.3 is 35.6 Å². The number of amides is 3. The number of nitrogens with one attached hydrogen (secondary N) is 3. The molecule has 0 aromatic heterocycles. The number of alkyl carbamates (subject to hydrolysis) is 1. The third-order valence-electron chi connectivity index (χ3n) is 8.49. The number of aliphatic hydroxyl groups is 1. The van der Waals surface area contributed by atoms with Crippen molar-refractivity contribution in [2.45, 2.75) is 104 Å². The van der Waals surface area contributed by atoms with Gasteiger partial charge in [0.25, 0.3) is 0 Å². The van der Waals surface area contributed by atoms with Crippen molar-refractivity contribution in [1.29, 1.82) is 0 Å². The van der Waals surface area contributed by atoms with E-state index in [1.807, 2.05) is 74.5 Å². The summed E-state index contributed by atoms with van der Waals surface area (Å²) in [4.78, 5) is 52.9. The Hall–Kier alpha value is -4.90. The van der Waals surface area contributed by atoms with Crippen molar-refractivity contribution in [1.82, 2.24) is 16.0 Å². The zero-order valence-corrected chi connectivity index (χ0v) is 32.0. The summed E-state index contributed by atoms with van der Waals surface area (Å²) in [5.41, 5.74) is 1.65. The van der Waals surface area contributed by atoms with E-state index in [2.05, 4.69) is 16.0 Å². The second kappa shape index (κ2) is 20.4. The van der Waals surface area contributed by atoms with E-state index in [1.165, 1.54) is 0 Å². The fraction of sp³-hybridized carbons (Fsp3) is 0.476. The first-order valence-corrected chi connectivity index (χ1v) is 18.3. The topological polar surface area (TPSA) is 163 Å². The SMILES string of the molecule is CC(C)COc1ccc(C[C@H](NC(=O)C(NC(=O)C(Cc2ccccc2)CC(O)C(Cc2ccccc2)NC(=O)OC(C)(C)C)C(C)C)C(=O)O)cc1. The van der Waals surface area contributed by atoms with Crippen molar-refractivity contribution in [2.24, 2.45) is 17.8 Å². The third kappa shape index (κ3) is 15.3. The number of hydrogen-bond acceptors (Lipinski definition) is 7. The van der Waals surface area contributed by atoms with Crippen molar-refractivity contribution in [3.05, 3.63) is 102 Å². The molecule has 3 rings (SSSR count). The lowest BCUT2D eigenvalue weighted by molar-refractivity contribution is -0.142. The van der Waals surface area contributed by atoms with E-state index in [0.717, 1.165) is 11.1 Å². The van der Waals surface area contributed by atoms with Gasteiger partial charge >= 0.3 is 12.1 Å². The molecule has 0 fully saturated rings. The molecule has 4 unspecified atom stereocenters. The number of carbonyl (C=O) groups excluding carboxylic acids is 3.